The van der Waals surface area contributed by atoms with Crippen LogP contribution in [0, 0.1) is 6.92 Å². The molecular formula is C11H19N3S. The first-order valence-electron chi connectivity index (χ1n) is 5.27. The first-order chi connectivity index (χ1) is 7.11. The zero-order valence-corrected chi connectivity index (χ0v) is 10.5. The Morgan fingerprint density at radius 3 is 2.73 bits per heavy atom. The van der Waals surface area contributed by atoms with E-state index in [9.17, 15) is 0 Å². The summed E-state index contributed by atoms with van der Waals surface area (Å²) < 4.78 is 0. The molecule has 0 aromatic carbocycles. The minimum Gasteiger partial charge on any atom is -0.330 e. The summed E-state index contributed by atoms with van der Waals surface area (Å²) in [4.78, 5) is 8.90. The quantitative estimate of drug-likeness (QED) is 0.832. The van der Waals surface area contributed by atoms with E-state index in [0.717, 1.165) is 29.4 Å². The van der Waals surface area contributed by atoms with Crippen molar-refractivity contribution in [2.45, 2.75) is 38.2 Å². The van der Waals surface area contributed by atoms with E-state index in [1.807, 2.05) is 24.8 Å². The van der Waals surface area contributed by atoms with Gasteiger partial charge in [0.1, 0.15) is 5.82 Å². The SMILES string of the molecule is Cc1cc(CCN)nc(CSC(C)C)n1. The van der Waals surface area contributed by atoms with Crippen molar-refractivity contribution in [3.8, 4) is 0 Å². The number of nitrogens with two attached hydrogens (primary N) is 1. The van der Waals surface area contributed by atoms with Gasteiger partial charge in [-0.15, -0.1) is 0 Å². The summed E-state index contributed by atoms with van der Waals surface area (Å²) in [5.74, 6) is 1.81. The summed E-state index contributed by atoms with van der Waals surface area (Å²) in [6.07, 6.45) is 0.836. The molecular weight excluding hydrogens is 206 g/mol. The van der Waals surface area contributed by atoms with Gasteiger partial charge in [-0.2, -0.15) is 11.8 Å². The molecule has 2 N–H and O–H groups in total. The predicted molar refractivity (Wildman–Crippen MR) is 66.0 cm³/mol. The molecule has 0 aliphatic rings. The number of aromatic nitrogens is 2. The fraction of sp³-hybridized carbons (Fsp3) is 0.636. The largest absolute Gasteiger partial charge is 0.330 e. The molecule has 0 amide bonds. The Bertz CT molecular complexity index is 313. The molecule has 0 radical (unpaired) electrons. The van der Waals surface area contributed by atoms with Gasteiger partial charge in [0.05, 0.1) is 5.75 Å². The van der Waals surface area contributed by atoms with E-state index in [4.69, 9.17) is 5.73 Å². The summed E-state index contributed by atoms with van der Waals surface area (Å²) in [6.45, 7) is 7.01. The minimum atomic E-state index is 0.618. The summed E-state index contributed by atoms with van der Waals surface area (Å²) in [6, 6.07) is 2.01. The number of aryl methyl sites for hydroxylation is 1. The van der Waals surface area contributed by atoms with Gasteiger partial charge in [0.15, 0.2) is 0 Å². The van der Waals surface area contributed by atoms with Crippen LogP contribution in [0.3, 0.4) is 0 Å². The van der Waals surface area contributed by atoms with Crippen molar-refractivity contribution in [3.05, 3.63) is 23.3 Å². The lowest BCUT2D eigenvalue weighted by Gasteiger charge is -2.06. The standard InChI is InChI=1S/C11H19N3S/c1-8(2)15-7-11-13-9(3)6-10(14-11)4-5-12/h6,8H,4-5,7,12H2,1-3H3. The van der Waals surface area contributed by atoms with Crippen molar-refractivity contribution in [1.29, 1.82) is 0 Å². The molecule has 84 valence electrons. The fourth-order valence-electron chi connectivity index (χ4n) is 1.28. The normalized spacial score (nSPS) is 11.0. The zero-order valence-electron chi connectivity index (χ0n) is 9.66. The van der Waals surface area contributed by atoms with Crippen LogP contribution < -0.4 is 5.73 Å². The van der Waals surface area contributed by atoms with Crippen LogP contribution in [0.25, 0.3) is 0 Å². The van der Waals surface area contributed by atoms with Gasteiger partial charge in [0.25, 0.3) is 0 Å². The van der Waals surface area contributed by atoms with E-state index in [1.54, 1.807) is 0 Å². The number of rotatable bonds is 5. The van der Waals surface area contributed by atoms with Crippen LogP contribution in [0.4, 0.5) is 0 Å². The lowest BCUT2D eigenvalue weighted by molar-refractivity contribution is 0.870. The van der Waals surface area contributed by atoms with Crippen molar-refractivity contribution in [1.82, 2.24) is 9.97 Å². The predicted octanol–water partition coefficient (Wildman–Crippen LogP) is 1.93. The first kappa shape index (κ1) is 12.5. The molecule has 0 atom stereocenters. The van der Waals surface area contributed by atoms with Crippen LogP contribution in [0.5, 0.6) is 0 Å². The molecule has 0 aliphatic heterocycles. The van der Waals surface area contributed by atoms with Crippen LogP contribution in [-0.4, -0.2) is 21.8 Å². The highest BCUT2D eigenvalue weighted by Gasteiger charge is 2.03. The number of nitrogens with zero attached hydrogens (tertiary/aromatic N) is 2. The minimum absolute atomic E-state index is 0.618. The smallest absolute Gasteiger partial charge is 0.138 e. The van der Waals surface area contributed by atoms with Gasteiger partial charge in [-0.25, -0.2) is 9.97 Å². The molecule has 1 aromatic heterocycles. The van der Waals surface area contributed by atoms with Gasteiger partial charge in [-0.1, -0.05) is 13.8 Å². The highest BCUT2D eigenvalue weighted by atomic mass is 32.2. The van der Waals surface area contributed by atoms with Crippen molar-refractivity contribution in [3.63, 3.8) is 0 Å². The monoisotopic (exact) mass is 225 g/mol. The van der Waals surface area contributed by atoms with Crippen LogP contribution in [0.1, 0.15) is 31.1 Å². The van der Waals surface area contributed by atoms with Gasteiger partial charge >= 0.3 is 0 Å². The molecule has 3 nitrogen and oxygen atoms in total. The Morgan fingerprint density at radius 1 is 1.40 bits per heavy atom. The first-order valence-corrected chi connectivity index (χ1v) is 6.31. The molecule has 0 saturated carbocycles. The summed E-state index contributed by atoms with van der Waals surface area (Å²) in [7, 11) is 0. The van der Waals surface area contributed by atoms with Crippen molar-refractivity contribution in [2.75, 3.05) is 6.54 Å². The van der Waals surface area contributed by atoms with Crippen molar-refractivity contribution >= 4 is 11.8 Å². The van der Waals surface area contributed by atoms with E-state index < -0.39 is 0 Å². The molecule has 1 heterocycles. The number of hydrogen-bond donors (Lipinski definition) is 1. The molecule has 0 spiro atoms. The van der Waals surface area contributed by atoms with Crippen LogP contribution >= 0.6 is 11.8 Å². The fourth-order valence-corrected chi connectivity index (χ4v) is 1.89. The molecule has 0 fully saturated rings. The topological polar surface area (TPSA) is 51.8 Å². The third-order valence-corrected chi connectivity index (χ3v) is 2.99. The number of thioether (sulfide) groups is 1. The summed E-state index contributed by atoms with van der Waals surface area (Å²) in [5.41, 5.74) is 7.61. The van der Waals surface area contributed by atoms with Crippen LogP contribution in [0.2, 0.25) is 0 Å². The van der Waals surface area contributed by atoms with Gasteiger partial charge in [0, 0.05) is 17.8 Å². The van der Waals surface area contributed by atoms with Gasteiger partial charge < -0.3 is 5.73 Å². The second-order valence-corrected chi connectivity index (χ2v) is 5.38. The second-order valence-electron chi connectivity index (χ2n) is 3.82. The molecule has 4 heteroatoms. The van der Waals surface area contributed by atoms with E-state index in [0.29, 0.717) is 11.8 Å². The van der Waals surface area contributed by atoms with E-state index in [-0.39, 0.29) is 0 Å². The maximum atomic E-state index is 5.52. The highest BCUT2D eigenvalue weighted by Crippen LogP contribution is 2.15. The Kier molecular flexibility index (Phi) is 5.05. The van der Waals surface area contributed by atoms with Gasteiger partial charge in [-0.05, 0) is 24.8 Å². The third kappa shape index (κ3) is 4.62. The Balaban J connectivity index is 2.70. The molecule has 15 heavy (non-hydrogen) atoms. The average Bonchev–Trinajstić information content (AvgIpc) is 2.14. The van der Waals surface area contributed by atoms with Gasteiger partial charge in [-0.3, -0.25) is 0 Å². The van der Waals surface area contributed by atoms with Crippen LogP contribution in [-0.2, 0) is 12.2 Å². The molecule has 0 aliphatic carbocycles. The molecule has 0 bridgehead atoms. The Hall–Kier alpha value is -0.610. The second kappa shape index (κ2) is 6.08. The molecule has 0 saturated heterocycles. The number of hydrogen-bond acceptors (Lipinski definition) is 4. The van der Waals surface area contributed by atoms with E-state index >= 15 is 0 Å². The van der Waals surface area contributed by atoms with Crippen LogP contribution in [0.15, 0.2) is 6.07 Å². The van der Waals surface area contributed by atoms with Crippen molar-refractivity contribution < 1.29 is 0 Å². The average molecular weight is 225 g/mol. The zero-order chi connectivity index (χ0) is 11.3. The van der Waals surface area contributed by atoms with E-state index in [1.165, 1.54) is 0 Å². The molecule has 1 aromatic rings. The maximum Gasteiger partial charge on any atom is 0.138 e. The summed E-state index contributed by atoms with van der Waals surface area (Å²) in [5, 5.41) is 0.618. The molecule has 0 unspecified atom stereocenters. The highest BCUT2D eigenvalue weighted by molar-refractivity contribution is 7.99. The van der Waals surface area contributed by atoms with Crippen molar-refractivity contribution in [2.24, 2.45) is 5.73 Å². The Labute approximate surface area is 95.9 Å². The summed E-state index contributed by atoms with van der Waals surface area (Å²) >= 11 is 1.86. The van der Waals surface area contributed by atoms with Gasteiger partial charge in [0.2, 0.25) is 0 Å². The third-order valence-electron chi connectivity index (χ3n) is 1.90. The lowest BCUT2D eigenvalue weighted by atomic mass is 10.2. The molecule has 1 rings (SSSR count). The maximum absolute atomic E-state index is 5.52. The Morgan fingerprint density at radius 2 is 2.13 bits per heavy atom. The lowest BCUT2D eigenvalue weighted by Crippen LogP contribution is -2.07. The van der Waals surface area contributed by atoms with E-state index in [2.05, 4.69) is 23.8 Å².